The van der Waals surface area contributed by atoms with E-state index in [1.54, 1.807) is 0 Å². The molecular formula is C15H24O. The predicted molar refractivity (Wildman–Crippen MR) is 70.3 cm³/mol. The molecule has 0 aliphatic heterocycles. The van der Waals surface area contributed by atoms with Gasteiger partial charge in [0.2, 0.25) is 0 Å². The van der Waals surface area contributed by atoms with E-state index in [-0.39, 0.29) is 6.10 Å². The summed E-state index contributed by atoms with van der Waals surface area (Å²) in [5, 5.41) is 10.1. The fourth-order valence-electron chi connectivity index (χ4n) is 2.06. The van der Waals surface area contributed by atoms with E-state index in [0.29, 0.717) is 5.92 Å². The Morgan fingerprint density at radius 2 is 2.06 bits per heavy atom. The van der Waals surface area contributed by atoms with E-state index in [1.807, 2.05) is 6.92 Å². The second-order valence-corrected chi connectivity index (χ2v) is 5.07. The monoisotopic (exact) mass is 220 g/mol. The molecule has 1 aliphatic carbocycles. The van der Waals surface area contributed by atoms with Gasteiger partial charge in [-0.1, -0.05) is 29.9 Å². The van der Waals surface area contributed by atoms with Crippen molar-refractivity contribution in [2.75, 3.05) is 0 Å². The minimum Gasteiger partial charge on any atom is -0.389 e. The largest absolute Gasteiger partial charge is 0.389 e. The molecule has 0 aromatic heterocycles. The molecule has 0 aromatic rings. The van der Waals surface area contributed by atoms with Gasteiger partial charge in [0.1, 0.15) is 0 Å². The van der Waals surface area contributed by atoms with Gasteiger partial charge in [0.15, 0.2) is 0 Å². The van der Waals surface area contributed by atoms with Crippen molar-refractivity contribution in [3.63, 3.8) is 0 Å². The molecule has 0 heterocycles. The van der Waals surface area contributed by atoms with Gasteiger partial charge in [-0.2, -0.15) is 0 Å². The van der Waals surface area contributed by atoms with Gasteiger partial charge in [-0.05, 0) is 57.9 Å². The Labute approximate surface area is 99.6 Å². The summed E-state index contributed by atoms with van der Waals surface area (Å²) in [6.45, 7) is 10.3. The third-order valence-corrected chi connectivity index (χ3v) is 3.49. The topological polar surface area (TPSA) is 20.2 Å². The van der Waals surface area contributed by atoms with Crippen LogP contribution < -0.4 is 0 Å². The van der Waals surface area contributed by atoms with Crippen molar-refractivity contribution in [2.45, 2.75) is 52.6 Å². The summed E-state index contributed by atoms with van der Waals surface area (Å²) in [6, 6.07) is 0. The zero-order valence-electron chi connectivity index (χ0n) is 10.8. The van der Waals surface area contributed by atoms with Crippen LogP contribution in [0.25, 0.3) is 0 Å². The summed E-state index contributed by atoms with van der Waals surface area (Å²) in [4.78, 5) is 0. The van der Waals surface area contributed by atoms with Crippen LogP contribution in [0.3, 0.4) is 0 Å². The lowest BCUT2D eigenvalue weighted by atomic mass is 9.87. The highest BCUT2D eigenvalue weighted by atomic mass is 16.3. The highest BCUT2D eigenvalue weighted by molar-refractivity contribution is 5.12. The molecule has 0 radical (unpaired) electrons. The third-order valence-electron chi connectivity index (χ3n) is 3.49. The fraction of sp³-hybridized carbons (Fsp3) is 0.600. The van der Waals surface area contributed by atoms with Crippen LogP contribution in [0.2, 0.25) is 0 Å². The lowest BCUT2D eigenvalue weighted by molar-refractivity contribution is 0.182. The van der Waals surface area contributed by atoms with Gasteiger partial charge in [-0.15, -0.1) is 0 Å². The van der Waals surface area contributed by atoms with E-state index >= 15 is 0 Å². The number of hydrogen-bond donors (Lipinski definition) is 1. The summed E-state index contributed by atoms with van der Waals surface area (Å²) in [5.41, 5.74) is 3.74. The van der Waals surface area contributed by atoms with Crippen LogP contribution in [-0.2, 0) is 0 Å². The molecule has 0 aromatic carbocycles. The summed E-state index contributed by atoms with van der Waals surface area (Å²) in [6.07, 6.45) is 8.15. The number of aliphatic hydroxyl groups is 1. The number of rotatable bonds is 1. The van der Waals surface area contributed by atoms with Gasteiger partial charge in [-0.25, -0.2) is 0 Å². The molecule has 0 unspecified atom stereocenters. The van der Waals surface area contributed by atoms with Crippen molar-refractivity contribution in [3.05, 3.63) is 35.5 Å². The zero-order valence-corrected chi connectivity index (χ0v) is 10.8. The van der Waals surface area contributed by atoms with Crippen molar-refractivity contribution >= 4 is 0 Å². The van der Waals surface area contributed by atoms with Gasteiger partial charge < -0.3 is 5.11 Å². The van der Waals surface area contributed by atoms with Gasteiger partial charge in [-0.3, -0.25) is 0 Å². The van der Waals surface area contributed by atoms with Crippen LogP contribution in [-0.4, -0.2) is 11.2 Å². The molecule has 0 saturated carbocycles. The zero-order chi connectivity index (χ0) is 12.1. The van der Waals surface area contributed by atoms with E-state index in [2.05, 4.69) is 32.6 Å². The van der Waals surface area contributed by atoms with E-state index in [4.69, 9.17) is 0 Å². The Morgan fingerprint density at radius 1 is 1.38 bits per heavy atom. The molecule has 0 spiro atoms. The van der Waals surface area contributed by atoms with Crippen molar-refractivity contribution in [2.24, 2.45) is 5.92 Å². The maximum atomic E-state index is 10.1. The third kappa shape index (κ3) is 3.97. The number of allylic oxidation sites excluding steroid dienone is 4. The Balaban J connectivity index is 2.82. The second kappa shape index (κ2) is 6.05. The predicted octanol–water partition coefficient (Wildman–Crippen LogP) is 4.01. The number of hydrogen-bond acceptors (Lipinski definition) is 1. The van der Waals surface area contributed by atoms with Crippen molar-refractivity contribution in [3.8, 4) is 0 Å². The first-order valence-corrected chi connectivity index (χ1v) is 6.16. The van der Waals surface area contributed by atoms with Crippen molar-refractivity contribution < 1.29 is 5.11 Å². The summed E-state index contributed by atoms with van der Waals surface area (Å²) in [5.74, 6) is 0.409. The van der Waals surface area contributed by atoms with Crippen LogP contribution in [0, 0.1) is 5.92 Å². The summed E-state index contributed by atoms with van der Waals surface area (Å²) >= 11 is 0. The molecule has 1 aliphatic rings. The van der Waals surface area contributed by atoms with Crippen LogP contribution in [0.15, 0.2) is 35.5 Å². The smallest absolute Gasteiger partial charge is 0.0753 e. The van der Waals surface area contributed by atoms with E-state index in [1.165, 1.54) is 11.1 Å². The highest BCUT2D eigenvalue weighted by Gasteiger charge is 2.16. The molecule has 0 saturated heterocycles. The summed E-state index contributed by atoms with van der Waals surface area (Å²) < 4.78 is 0. The lowest BCUT2D eigenvalue weighted by Gasteiger charge is -2.21. The number of aliphatic hydroxyl groups excluding tert-OH is 1. The highest BCUT2D eigenvalue weighted by Crippen LogP contribution is 2.25. The molecule has 2 atom stereocenters. The summed E-state index contributed by atoms with van der Waals surface area (Å²) in [7, 11) is 0. The van der Waals surface area contributed by atoms with E-state index in [0.717, 1.165) is 31.3 Å². The van der Waals surface area contributed by atoms with Crippen LogP contribution in [0.1, 0.15) is 46.5 Å². The Hall–Kier alpha value is -0.820. The molecule has 0 fully saturated rings. The van der Waals surface area contributed by atoms with E-state index < -0.39 is 0 Å². The first kappa shape index (κ1) is 13.2. The minimum absolute atomic E-state index is 0.298. The molecule has 90 valence electrons. The maximum absolute atomic E-state index is 10.1. The maximum Gasteiger partial charge on any atom is 0.0753 e. The molecule has 16 heavy (non-hydrogen) atoms. The average Bonchev–Trinajstić information content (AvgIpc) is 2.22. The Bertz CT molecular complexity index is 309. The molecule has 0 bridgehead atoms. The van der Waals surface area contributed by atoms with Gasteiger partial charge >= 0.3 is 0 Å². The van der Waals surface area contributed by atoms with Crippen LogP contribution in [0.5, 0.6) is 0 Å². The standard InChI is InChI=1S/C15H24O/c1-11(2)14-9-8-12(3)6-5-7-13(4)15(16)10-14/h7-8,14-16H,1,5-6,9-10H2,2-4H3/b12-8+,13-7+/t14-,15-/m0/s1. The second-order valence-electron chi connectivity index (χ2n) is 5.07. The quantitative estimate of drug-likeness (QED) is 0.662. The Morgan fingerprint density at radius 3 is 2.69 bits per heavy atom. The first-order valence-electron chi connectivity index (χ1n) is 6.16. The molecule has 1 heteroatoms. The van der Waals surface area contributed by atoms with Gasteiger partial charge in [0.05, 0.1) is 6.10 Å². The lowest BCUT2D eigenvalue weighted by Crippen LogP contribution is -2.16. The van der Waals surface area contributed by atoms with Crippen molar-refractivity contribution in [1.29, 1.82) is 0 Å². The molecule has 0 amide bonds. The van der Waals surface area contributed by atoms with Crippen LogP contribution in [0.4, 0.5) is 0 Å². The molecule has 1 rings (SSSR count). The minimum atomic E-state index is -0.298. The molecule has 1 N–H and O–H groups in total. The molecular weight excluding hydrogens is 196 g/mol. The Kier molecular flexibility index (Phi) is 5.01. The van der Waals surface area contributed by atoms with Crippen molar-refractivity contribution in [1.82, 2.24) is 0 Å². The normalized spacial score (nSPS) is 34.5. The van der Waals surface area contributed by atoms with Crippen LogP contribution >= 0.6 is 0 Å². The van der Waals surface area contributed by atoms with E-state index in [9.17, 15) is 5.11 Å². The average molecular weight is 220 g/mol. The van der Waals surface area contributed by atoms with Gasteiger partial charge in [0.25, 0.3) is 0 Å². The first-order chi connectivity index (χ1) is 7.50. The van der Waals surface area contributed by atoms with Gasteiger partial charge in [0, 0.05) is 0 Å². The SMILES string of the molecule is C=C(C)[C@H]1C/C=C(\C)CC/C=C(\C)[C@@H](O)C1. The fourth-order valence-corrected chi connectivity index (χ4v) is 2.06. The molecule has 1 nitrogen and oxygen atoms in total.